The number of carbonyl (C=O) groups is 2. The molecule has 0 aliphatic heterocycles. The molecule has 0 bridgehead atoms. The van der Waals surface area contributed by atoms with Crippen LogP contribution in [0.2, 0.25) is 50.2 Å². The molecule has 0 saturated carbocycles. The van der Waals surface area contributed by atoms with Crippen molar-refractivity contribution in [3.63, 3.8) is 0 Å². The largest absolute Gasteiger partial charge is 0.423 e. The van der Waals surface area contributed by atoms with Crippen LogP contribution in [0.1, 0.15) is 0 Å². The number of carbonyl (C=O) groups excluding carboxylic acids is 2. The minimum Gasteiger partial charge on any atom is -0.415 e. The maximum absolute atomic E-state index is 12.1. The van der Waals surface area contributed by atoms with Crippen molar-refractivity contribution in [1.82, 2.24) is 0 Å². The third-order valence-corrected chi connectivity index (χ3v) is 7.38. The minimum absolute atomic E-state index is 0.176. The Morgan fingerprint density at radius 1 is 0.393 bits per heavy atom. The lowest BCUT2D eigenvalue weighted by Crippen LogP contribution is -2.26. The summed E-state index contributed by atoms with van der Waals surface area (Å²) < 4.78 is 9.61. The molecule has 4 nitrogen and oxygen atoms in total. The lowest BCUT2D eigenvalue weighted by atomic mass is 10.3. The molecule has 2 aromatic rings. The monoisotopic (exact) mass is 582 g/mol. The first-order chi connectivity index (χ1) is 12.9. The van der Waals surface area contributed by atoms with Gasteiger partial charge in [-0.2, -0.15) is 0 Å². The molecule has 150 valence electrons. The fraction of sp³-hybridized carbons (Fsp3) is 0. The van der Waals surface area contributed by atoms with Gasteiger partial charge in [0.25, 0.3) is 0 Å². The molecule has 0 unspecified atom stereocenters. The van der Waals surface area contributed by atoms with Gasteiger partial charge in [0.2, 0.25) is 0 Å². The van der Waals surface area contributed by atoms with E-state index >= 15 is 0 Å². The van der Waals surface area contributed by atoms with E-state index in [1.165, 1.54) is 0 Å². The SMILES string of the molecule is O=C(Oc1c(Cl)c(Cl)c(Cl)c(Cl)c1Cl)C(=O)Oc1c(Cl)c(Cl)c(Cl)c(Cl)c1Cl. The summed E-state index contributed by atoms with van der Waals surface area (Å²) in [4.78, 5) is 24.2. The average molecular weight is 587 g/mol. The summed E-state index contributed by atoms with van der Waals surface area (Å²) in [6.07, 6.45) is 0. The van der Waals surface area contributed by atoms with Gasteiger partial charge in [0.05, 0.1) is 30.1 Å². The maximum Gasteiger partial charge on any atom is 0.423 e. The molecule has 0 fully saturated rings. The van der Waals surface area contributed by atoms with E-state index in [0.717, 1.165) is 0 Å². The molecule has 0 aliphatic rings. The van der Waals surface area contributed by atoms with Crippen LogP contribution in [0, 0.1) is 0 Å². The number of esters is 2. The molecule has 0 aromatic heterocycles. The predicted octanol–water partition coefficient (Wildman–Crippen LogP) is 8.73. The highest BCUT2D eigenvalue weighted by Gasteiger charge is 2.29. The van der Waals surface area contributed by atoms with Crippen molar-refractivity contribution in [2.24, 2.45) is 0 Å². The van der Waals surface area contributed by atoms with Gasteiger partial charge >= 0.3 is 11.9 Å². The molecule has 0 N–H and O–H groups in total. The molecular formula is C14Cl10O4. The summed E-state index contributed by atoms with van der Waals surface area (Å²) in [5.74, 6) is -4.19. The zero-order valence-corrected chi connectivity index (χ0v) is 20.0. The lowest BCUT2D eigenvalue weighted by Gasteiger charge is -2.13. The van der Waals surface area contributed by atoms with E-state index in [1.54, 1.807) is 0 Å². The van der Waals surface area contributed by atoms with Crippen LogP contribution in [0.4, 0.5) is 0 Å². The molecule has 0 radical (unpaired) electrons. The van der Waals surface area contributed by atoms with Gasteiger partial charge in [-0.05, 0) is 0 Å². The third-order valence-electron chi connectivity index (χ3n) is 2.90. The normalized spacial score (nSPS) is 10.8. The van der Waals surface area contributed by atoms with Crippen molar-refractivity contribution in [3.05, 3.63) is 50.2 Å². The van der Waals surface area contributed by atoms with Crippen LogP contribution in [0.25, 0.3) is 0 Å². The first kappa shape index (κ1) is 24.5. The number of rotatable bonds is 2. The molecule has 0 atom stereocenters. The van der Waals surface area contributed by atoms with Crippen molar-refractivity contribution in [2.75, 3.05) is 0 Å². The summed E-state index contributed by atoms with van der Waals surface area (Å²) >= 11 is 58.7. The molecule has 2 rings (SSSR count). The zero-order chi connectivity index (χ0) is 21.5. The summed E-state index contributed by atoms with van der Waals surface area (Å²) in [6.45, 7) is 0. The molecular weight excluding hydrogens is 587 g/mol. The van der Waals surface area contributed by atoms with E-state index in [0.29, 0.717) is 0 Å². The summed E-state index contributed by atoms with van der Waals surface area (Å²) in [7, 11) is 0. The topological polar surface area (TPSA) is 52.6 Å². The molecule has 14 heteroatoms. The van der Waals surface area contributed by atoms with Crippen LogP contribution in [0.5, 0.6) is 11.5 Å². The van der Waals surface area contributed by atoms with Crippen LogP contribution < -0.4 is 9.47 Å². The Morgan fingerprint density at radius 3 is 0.786 bits per heavy atom. The Labute approximate surface area is 207 Å². The fourth-order valence-corrected chi connectivity index (χ4v) is 4.01. The van der Waals surface area contributed by atoms with Gasteiger partial charge in [0.15, 0.2) is 11.5 Å². The van der Waals surface area contributed by atoms with E-state index in [9.17, 15) is 9.59 Å². The van der Waals surface area contributed by atoms with Crippen molar-refractivity contribution in [1.29, 1.82) is 0 Å². The van der Waals surface area contributed by atoms with Crippen LogP contribution in [0.15, 0.2) is 0 Å². The first-order valence-electron chi connectivity index (χ1n) is 6.36. The Bertz CT molecular complexity index is 881. The van der Waals surface area contributed by atoms with Crippen molar-refractivity contribution in [3.8, 4) is 11.5 Å². The Morgan fingerprint density at radius 2 is 0.571 bits per heavy atom. The Hall–Kier alpha value is 0.280. The number of hydrogen-bond donors (Lipinski definition) is 0. The number of halogens is 10. The number of benzene rings is 2. The van der Waals surface area contributed by atoms with Crippen molar-refractivity contribution < 1.29 is 19.1 Å². The van der Waals surface area contributed by atoms with E-state index < -0.39 is 23.4 Å². The van der Waals surface area contributed by atoms with Crippen LogP contribution in [-0.2, 0) is 9.59 Å². The van der Waals surface area contributed by atoms with Gasteiger partial charge in [0.1, 0.15) is 20.1 Å². The van der Waals surface area contributed by atoms with Crippen LogP contribution in [0.3, 0.4) is 0 Å². The Kier molecular flexibility index (Phi) is 8.42. The summed E-state index contributed by atoms with van der Waals surface area (Å²) in [5.41, 5.74) is 0. The van der Waals surface area contributed by atoms with Crippen LogP contribution >= 0.6 is 116 Å². The van der Waals surface area contributed by atoms with Gasteiger partial charge in [0, 0.05) is 0 Å². The molecule has 28 heavy (non-hydrogen) atoms. The summed E-state index contributed by atoms with van der Waals surface area (Å²) in [5, 5.41) is -2.83. The smallest absolute Gasteiger partial charge is 0.415 e. The zero-order valence-electron chi connectivity index (χ0n) is 12.4. The highest BCUT2D eigenvalue weighted by molar-refractivity contribution is 6.57. The van der Waals surface area contributed by atoms with E-state index in [1.807, 2.05) is 0 Å². The van der Waals surface area contributed by atoms with E-state index in [2.05, 4.69) is 0 Å². The standard InChI is InChI=1S/C14Cl10O4/c15-1-3(17)7(21)11(8(22)4(1)18)27-13(25)14(26)28-12-9(23)5(19)2(16)6(20)10(12)24. The highest BCUT2D eigenvalue weighted by atomic mass is 35.5. The van der Waals surface area contributed by atoms with Gasteiger partial charge in [-0.15, -0.1) is 0 Å². The van der Waals surface area contributed by atoms with Gasteiger partial charge in [-0.25, -0.2) is 9.59 Å². The molecule has 0 saturated heterocycles. The second-order valence-corrected chi connectivity index (χ2v) is 8.36. The molecule has 0 spiro atoms. The van der Waals surface area contributed by atoms with Gasteiger partial charge in [-0.1, -0.05) is 116 Å². The average Bonchev–Trinajstić information content (AvgIpc) is 2.67. The first-order valence-corrected chi connectivity index (χ1v) is 10.1. The minimum atomic E-state index is -1.58. The van der Waals surface area contributed by atoms with E-state index in [-0.39, 0.29) is 50.2 Å². The second-order valence-electron chi connectivity index (χ2n) is 4.58. The van der Waals surface area contributed by atoms with E-state index in [4.69, 9.17) is 125 Å². The molecule has 0 amide bonds. The third kappa shape index (κ3) is 4.62. The molecule has 0 heterocycles. The van der Waals surface area contributed by atoms with Crippen molar-refractivity contribution in [2.45, 2.75) is 0 Å². The Balaban J connectivity index is 2.36. The quantitative estimate of drug-likeness (QED) is 0.116. The summed E-state index contributed by atoms with van der Waals surface area (Å²) in [6, 6.07) is 0. The lowest BCUT2D eigenvalue weighted by molar-refractivity contribution is -0.156. The number of hydrogen-bond acceptors (Lipinski definition) is 4. The van der Waals surface area contributed by atoms with Crippen molar-refractivity contribution >= 4 is 128 Å². The number of ether oxygens (including phenoxy) is 2. The maximum atomic E-state index is 12.1. The second kappa shape index (κ2) is 9.61. The van der Waals surface area contributed by atoms with Gasteiger partial charge in [-0.3, -0.25) is 0 Å². The van der Waals surface area contributed by atoms with Gasteiger partial charge < -0.3 is 9.47 Å². The molecule has 2 aromatic carbocycles. The molecule has 0 aliphatic carbocycles. The highest BCUT2D eigenvalue weighted by Crippen LogP contribution is 2.49. The predicted molar refractivity (Wildman–Crippen MR) is 114 cm³/mol. The van der Waals surface area contributed by atoms with Crippen LogP contribution in [-0.4, -0.2) is 11.9 Å². The fourth-order valence-electron chi connectivity index (χ4n) is 1.62.